The average molecular weight is 337 g/mol. The van der Waals surface area contributed by atoms with Gasteiger partial charge in [0.15, 0.2) is 0 Å². The Bertz CT molecular complexity index is 590. The largest absolute Gasteiger partial charge is 0.352 e. The highest BCUT2D eigenvalue weighted by atomic mass is 32.1. The normalized spacial score (nSPS) is 22.7. The molecule has 2 aliphatic rings. The third kappa shape index (κ3) is 3.31. The molecule has 2 aliphatic heterocycles. The second-order valence-electron chi connectivity index (χ2n) is 6.19. The maximum atomic E-state index is 12.5. The fourth-order valence-electron chi connectivity index (χ4n) is 2.99. The van der Waals surface area contributed by atoms with E-state index in [1.54, 1.807) is 4.90 Å². The first kappa shape index (κ1) is 16.2. The number of anilines is 2. The third-order valence-electron chi connectivity index (χ3n) is 4.51. The first-order chi connectivity index (χ1) is 11.1. The van der Waals surface area contributed by atoms with Crippen LogP contribution >= 0.6 is 11.3 Å². The van der Waals surface area contributed by atoms with Gasteiger partial charge >= 0.3 is 0 Å². The molecule has 0 unspecified atom stereocenters. The van der Waals surface area contributed by atoms with Crippen molar-refractivity contribution in [2.24, 2.45) is 0 Å². The van der Waals surface area contributed by atoms with Crippen LogP contribution in [0.3, 0.4) is 0 Å². The maximum absolute atomic E-state index is 12.5. The summed E-state index contributed by atoms with van der Waals surface area (Å²) >= 11 is 1.41. The van der Waals surface area contributed by atoms with Gasteiger partial charge in [-0.1, -0.05) is 18.3 Å². The standard InChI is InChI=1S/C15H23N5O2S/c1-3-10(2)16-13(22)11-6-4-8-19(11)14-17-18-15(23-14)20-9-5-7-12(20)21/h10-11H,3-9H2,1-2H3,(H,16,22)/t10-,11-/m1/s1. The Hall–Kier alpha value is -1.70. The van der Waals surface area contributed by atoms with Crippen molar-refractivity contribution in [3.8, 4) is 0 Å². The minimum absolute atomic E-state index is 0.0610. The number of carbonyl (C=O) groups is 2. The van der Waals surface area contributed by atoms with E-state index in [9.17, 15) is 9.59 Å². The number of hydrogen-bond acceptors (Lipinski definition) is 6. The average Bonchev–Trinajstić information content (AvgIpc) is 3.25. The van der Waals surface area contributed by atoms with E-state index in [4.69, 9.17) is 0 Å². The van der Waals surface area contributed by atoms with Crippen LogP contribution in [0.4, 0.5) is 10.3 Å². The van der Waals surface area contributed by atoms with Gasteiger partial charge in [-0.25, -0.2) is 0 Å². The van der Waals surface area contributed by atoms with Crippen LogP contribution in [0.5, 0.6) is 0 Å². The molecule has 126 valence electrons. The van der Waals surface area contributed by atoms with Crippen molar-refractivity contribution in [3.63, 3.8) is 0 Å². The van der Waals surface area contributed by atoms with Crippen molar-refractivity contribution in [1.82, 2.24) is 15.5 Å². The van der Waals surface area contributed by atoms with E-state index in [-0.39, 0.29) is 23.9 Å². The quantitative estimate of drug-likeness (QED) is 0.882. The first-order valence-corrected chi connectivity index (χ1v) is 9.12. The van der Waals surface area contributed by atoms with Crippen molar-refractivity contribution in [2.75, 3.05) is 22.9 Å². The molecule has 7 nitrogen and oxygen atoms in total. The molecule has 2 fully saturated rings. The zero-order valence-corrected chi connectivity index (χ0v) is 14.4. The minimum atomic E-state index is -0.181. The predicted octanol–water partition coefficient (Wildman–Crippen LogP) is 1.55. The van der Waals surface area contributed by atoms with Gasteiger partial charge in [0.2, 0.25) is 22.1 Å². The monoisotopic (exact) mass is 337 g/mol. The van der Waals surface area contributed by atoms with E-state index in [0.29, 0.717) is 18.1 Å². The minimum Gasteiger partial charge on any atom is -0.352 e. The number of aromatic nitrogens is 2. The highest BCUT2D eigenvalue weighted by Crippen LogP contribution is 2.33. The Morgan fingerprint density at radius 3 is 2.83 bits per heavy atom. The van der Waals surface area contributed by atoms with Crippen molar-refractivity contribution < 1.29 is 9.59 Å². The first-order valence-electron chi connectivity index (χ1n) is 8.31. The molecule has 0 saturated carbocycles. The molecular formula is C15H23N5O2S. The smallest absolute Gasteiger partial charge is 0.242 e. The van der Waals surface area contributed by atoms with E-state index < -0.39 is 0 Å². The number of nitrogens with one attached hydrogen (secondary N) is 1. The molecule has 0 aliphatic carbocycles. The van der Waals surface area contributed by atoms with E-state index in [2.05, 4.69) is 22.4 Å². The number of rotatable bonds is 5. The highest BCUT2D eigenvalue weighted by molar-refractivity contribution is 7.19. The van der Waals surface area contributed by atoms with Gasteiger partial charge in [-0.15, -0.1) is 10.2 Å². The molecule has 0 bridgehead atoms. The van der Waals surface area contributed by atoms with Gasteiger partial charge in [-0.3, -0.25) is 14.5 Å². The summed E-state index contributed by atoms with van der Waals surface area (Å²) in [5, 5.41) is 12.8. The Morgan fingerprint density at radius 2 is 2.13 bits per heavy atom. The van der Waals surface area contributed by atoms with Gasteiger partial charge < -0.3 is 10.2 Å². The van der Waals surface area contributed by atoms with Crippen LogP contribution in [0.25, 0.3) is 0 Å². The molecule has 2 amide bonds. The van der Waals surface area contributed by atoms with E-state index in [0.717, 1.165) is 37.4 Å². The highest BCUT2D eigenvalue weighted by Gasteiger charge is 2.34. The second kappa shape index (κ2) is 6.82. The lowest BCUT2D eigenvalue weighted by atomic mass is 10.2. The van der Waals surface area contributed by atoms with Gasteiger partial charge in [0.05, 0.1) is 0 Å². The molecule has 2 saturated heterocycles. The van der Waals surface area contributed by atoms with Crippen molar-refractivity contribution >= 4 is 33.4 Å². The number of carbonyl (C=O) groups excluding carboxylic acids is 2. The number of hydrogen-bond donors (Lipinski definition) is 1. The summed E-state index contributed by atoms with van der Waals surface area (Å²) in [6.07, 6.45) is 4.17. The van der Waals surface area contributed by atoms with Gasteiger partial charge in [0.25, 0.3) is 0 Å². The molecule has 0 radical (unpaired) electrons. The van der Waals surface area contributed by atoms with Gasteiger partial charge in [-0.2, -0.15) is 0 Å². The lowest BCUT2D eigenvalue weighted by Gasteiger charge is -2.24. The van der Waals surface area contributed by atoms with Crippen LogP contribution in [0, 0.1) is 0 Å². The van der Waals surface area contributed by atoms with E-state index >= 15 is 0 Å². The molecule has 0 aromatic carbocycles. The van der Waals surface area contributed by atoms with Crippen molar-refractivity contribution in [3.05, 3.63) is 0 Å². The van der Waals surface area contributed by atoms with Crippen LogP contribution in [0.15, 0.2) is 0 Å². The fraction of sp³-hybridized carbons (Fsp3) is 0.733. The molecule has 3 rings (SSSR count). The Kier molecular flexibility index (Phi) is 4.79. The Balaban J connectivity index is 1.71. The lowest BCUT2D eigenvalue weighted by Crippen LogP contribution is -2.46. The lowest BCUT2D eigenvalue weighted by molar-refractivity contribution is -0.122. The number of nitrogens with zero attached hydrogens (tertiary/aromatic N) is 4. The van der Waals surface area contributed by atoms with Crippen LogP contribution in [-0.2, 0) is 9.59 Å². The SMILES string of the molecule is CC[C@@H](C)NC(=O)[C@H]1CCCN1c1nnc(N2CCCC2=O)s1. The summed E-state index contributed by atoms with van der Waals surface area (Å²) in [6, 6.07) is -0.00349. The molecular weight excluding hydrogens is 314 g/mol. The van der Waals surface area contributed by atoms with Crippen molar-refractivity contribution in [2.45, 2.75) is 58.0 Å². The molecule has 1 N–H and O–H groups in total. The summed E-state index contributed by atoms with van der Waals surface area (Å²) < 4.78 is 0. The van der Waals surface area contributed by atoms with Gasteiger partial charge in [0, 0.05) is 25.6 Å². The van der Waals surface area contributed by atoms with Crippen LogP contribution < -0.4 is 15.1 Å². The van der Waals surface area contributed by atoms with Crippen LogP contribution in [-0.4, -0.2) is 47.2 Å². The van der Waals surface area contributed by atoms with Crippen LogP contribution in [0.1, 0.15) is 46.0 Å². The predicted molar refractivity (Wildman–Crippen MR) is 89.8 cm³/mol. The van der Waals surface area contributed by atoms with Crippen molar-refractivity contribution in [1.29, 1.82) is 0 Å². The second-order valence-corrected chi connectivity index (χ2v) is 7.12. The fourth-order valence-corrected chi connectivity index (χ4v) is 3.96. The summed E-state index contributed by atoms with van der Waals surface area (Å²) in [5.74, 6) is 0.172. The number of amides is 2. The Morgan fingerprint density at radius 1 is 1.35 bits per heavy atom. The molecule has 1 aromatic rings. The molecule has 3 heterocycles. The molecule has 23 heavy (non-hydrogen) atoms. The van der Waals surface area contributed by atoms with Crippen LogP contribution in [0.2, 0.25) is 0 Å². The molecule has 8 heteroatoms. The topological polar surface area (TPSA) is 78.4 Å². The van der Waals surface area contributed by atoms with E-state index in [1.807, 2.05) is 11.8 Å². The van der Waals surface area contributed by atoms with Gasteiger partial charge in [-0.05, 0) is 32.6 Å². The third-order valence-corrected chi connectivity index (χ3v) is 5.49. The van der Waals surface area contributed by atoms with E-state index in [1.165, 1.54) is 11.3 Å². The summed E-state index contributed by atoms with van der Waals surface area (Å²) in [6.45, 7) is 5.59. The Labute approximate surface area is 140 Å². The van der Waals surface area contributed by atoms with Gasteiger partial charge in [0.1, 0.15) is 6.04 Å². The summed E-state index contributed by atoms with van der Waals surface area (Å²) in [4.78, 5) is 28.0. The zero-order valence-electron chi connectivity index (χ0n) is 13.6. The molecule has 2 atom stereocenters. The zero-order chi connectivity index (χ0) is 16.4. The maximum Gasteiger partial charge on any atom is 0.242 e. The summed E-state index contributed by atoms with van der Waals surface area (Å²) in [7, 11) is 0. The molecule has 0 spiro atoms. The summed E-state index contributed by atoms with van der Waals surface area (Å²) in [5.41, 5.74) is 0. The molecule has 1 aromatic heterocycles.